The van der Waals surface area contributed by atoms with Gasteiger partial charge in [-0.3, -0.25) is 4.99 Å². The van der Waals surface area contributed by atoms with Gasteiger partial charge in [-0.15, -0.1) is 24.0 Å². The van der Waals surface area contributed by atoms with E-state index in [9.17, 15) is 0 Å². The van der Waals surface area contributed by atoms with Gasteiger partial charge in [0.25, 0.3) is 0 Å². The smallest absolute Gasteiger partial charge is 0.191 e. The molecule has 1 aromatic carbocycles. The molecule has 1 aliphatic heterocycles. The molecule has 16 heavy (non-hydrogen) atoms. The van der Waals surface area contributed by atoms with Crippen LogP contribution in [0.25, 0.3) is 0 Å². The van der Waals surface area contributed by atoms with Crippen LogP contribution in [0.1, 0.15) is 12.5 Å². The van der Waals surface area contributed by atoms with Crippen LogP contribution in [0.3, 0.4) is 0 Å². The molecule has 2 rings (SSSR count). The van der Waals surface area contributed by atoms with Crippen LogP contribution in [0.15, 0.2) is 29.3 Å². The molecule has 5 heteroatoms. The Balaban J connectivity index is 0.00000128. The van der Waals surface area contributed by atoms with Crippen molar-refractivity contribution in [2.75, 3.05) is 6.54 Å². The lowest BCUT2D eigenvalue weighted by atomic mass is 10.2. The molecule has 3 N–H and O–H groups in total. The van der Waals surface area contributed by atoms with E-state index in [1.165, 1.54) is 0 Å². The topological polar surface area (TPSA) is 56.7 Å². The van der Waals surface area contributed by atoms with E-state index in [-0.39, 0.29) is 24.0 Å². The number of guanidine groups is 1. The summed E-state index contributed by atoms with van der Waals surface area (Å²) in [5, 5.41) is 15.5. The lowest BCUT2D eigenvalue weighted by Crippen LogP contribution is -2.37. The van der Waals surface area contributed by atoms with Gasteiger partial charge in [0.05, 0.1) is 6.54 Å². The molecular weight excluding hydrogens is 317 g/mol. The van der Waals surface area contributed by atoms with E-state index in [1.807, 2.05) is 12.1 Å². The van der Waals surface area contributed by atoms with Crippen LogP contribution in [-0.4, -0.2) is 23.7 Å². The fourth-order valence-corrected chi connectivity index (χ4v) is 1.46. The number of aliphatic imine (C=N–C) groups is 1. The number of phenols is 1. The van der Waals surface area contributed by atoms with Gasteiger partial charge in [-0.25, -0.2) is 0 Å². The molecule has 1 aliphatic rings. The average molecular weight is 333 g/mol. The van der Waals surface area contributed by atoms with Crippen LogP contribution in [-0.2, 0) is 6.54 Å². The molecule has 0 aromatic heterocycles. The Hall–Kier alpha value is -0.980. The summed E-state index contributed by atoms with van der Waals surface area (Å²) in [6, 6.07) is 7.57. The van der Waals surface area contributed by atoms with Gasteiger partial charge in [0, 0.05) is 12.6 Å². The maximum Gasteiger partial charge on any atom is 0.191 e. The summed E-state index contributed by atoms with van der Waals surface area (Å²) >= 11 is 0. The maximum absolute atomic E-state index is 9.11. The third-order valence-corrected chi connectivity index (χ3v) is 2.30. The second-order valence-corrected chi connectivity index (χ2v) is 3.75. The number of benzene rings is 1. The lowest BCUT2D eigenvalue weighted by molar-refractivity contribution is 0.475. The Morgan fingerprint density at radius 1 is 1.44 bits per heavy atom. The summed E-state index contributed by atoms with van der Waals surface area (Å²) < 4.78 is 0. The van der Waals surface area contributed by atoms with E-state index in [1.54, 1.807) is 12.1 Å². The standard InChI is InChI=1S/C11H15N3O.HI/c1-8-6-12-11(14-8)13-7-9-2-4-10(15)5-3-9;/h2-5,8,15H,6-7H2,1H3,(H2,12,13,14);1H. The van der Waals surface area contributed by atoms with Crippen LogP contribution >= 0.6 is 24.0 Å². The highest BCUT2D eigenvalue weighted by molar-refractivity contribution is 14.0. The number of nitrogens with one attached hydrogen (secondary N) is 2. The second-order valence-electron chi connectivity index (χ2n) is 3.75. The molecule has 0 amide bonds. The van der Waals surface area contributed by atoms with Gasteiger partial charge in [0.1, 0.15) is 5.75 Å². The van der Waals surface area contributed by atoms with Crippen molar-refractivity contribution >= 4 is 29.9 Å². The Kier molecular flexibility index (Phi) is 4.85. The van der Waals surface area contributed by atoms with Crippen molar-refractivity contribution < 1.29 is 5.11 Å². The predicted molar refractivity (Wildman–Crippen MR) is 75.3 cm³/mol. The van der Waals surface area contributed by atoms with E-state index in [2.05, 4.69) is 22.5 Å². The van der Waals surface area contributed by atoms with Crippen molar-refractivity contribution in [1.29, 1.82) is 0 Å². The van der Waals surface area contributed by atoms with Crippen LogP contribution in [0.4, 0.5) is 0 Å². The lowest BCUT2D eigenvalue weighted by Gasteiger charge is -2.08. The summed E-state index contributed by atoms with van der Waals surface area (Å²) in [6.07, 6.45) is 0. The summed E-state index contributed by atoms with van der Waals surface area (Å²) in [5.41, 5.74) is 1.12. The molecule has 1 unspecified atom stereocenters. The van der Waals surface area contributed by atoms with Gasteiger partial charge in [0.15, 0.2) is 5.96 Å². The Labute approximate surface area is 112 Å². The number of nitrogens with zero attached hydrogens (tertiary/aromatic N) is 1. The molecule has 1 atom stereocenters. The van der Waals surface area contributed by atoms with E-state index in [0.717, 1.165) is 24.6 Å². The van der Waals surface area contributed by atoms with Gasteiger partial charge < -0.3 is 15.7 Å². The van der Waals surface area contributed by atoms with Crippen molar-refractivity contribution in [3.05, 3.63) is 29.8 Å². The SMILES string of the molecule is CC1CN=C(NCc2ccc(O)cc2)N1.I. The molecule has 0 fully saturated rings. The van der Waals surface area contributed by atoms with E-state index in [4.69, 9.17) is 5.11 Å². The number of phenolic OH excluding ortho intramolecular Hbond substituents is 1. The predicted octanol–water partition coefficient (Wildman–Crippen LogP) is 1.45. The van der Waals surface area contributed by atoms with Crippen molar-refractivity contribution in [2.45, 2.75) is 19.5 Å². The number of halogens is 1. The van der Waals surface area contributed by atoms with Crippen molar-refractivity contribution in [3.63, 3.8) is 0 Å². The minimum atomic E-state index is 0. The van der Waals surface area contributed by atoms with Crippen LogP contribution in [0.2, 0.25) is 0 Å². The first kappa shape index (κ1) is 13.1. The highest BCUT2D eigenvalue weighted by Crippen LogP contribution is 2.09. The monoisotopic (exact) mass is 333 g/mol. The number of rotatable bonds is 2. The zero-order valence-corrected chi connectivity index (χ0v) is 11.4. The van der Waals surface area contributed by atoms with E-state index in [0.29, 0.717) is 11.8 Å². The average Bonchev–Trinajstić information content (AvgIpc) is 2.64. The van der Waals surface area contributed by atoms with Crippen LogP contribution in [0, 0.1) is 0 Å². The van der Waals surface area contributed by atoms with Gasteiger partial charge in [-0.2, -0.15) is 0 Å². The molecule has 4 nitrogen and oxygen atoms in total. The number of hydrogen-bond donors (Lipinski definition) is 3. The number of aromatic hydroxyl groups is 1. The van der Waals surface area contributed by atoms with E-state index < -0.39 is 0 Å². The summed E-state index contributed by atoms with van der Waals surface area (Å²) in [4.78, 5) is 4.29. The molecule has 0 radical (unpaired) electrons. The Bertz CT molecular complexity index is 364. The first-order valence-electron chi connectivity index (χ1n) is 5.07. The molecule has 88 valence electrons. The molecule has 1 aromatic rings. The minimum absolute atomic E-state index is 0. The number of hydrogen-bond acceptors (Lipinski definition) is 4. The van der Waals surface area contributed by atoms with Crippen molar-refractivity contribution in [3.8, 4) is 5.75 Å². The van der Waals surface area contributed by atoms with E-state index >= 15 is 0 Å². The summed E-state index contributed by atoms with van der Waals surface area (Å²) in [7, 11) is 0. The van der Waals surface area contributed by atoms with Crippen LogP contribution in [0.5, 0.6) is 5.75 Å². The second kappa shape index (κ2) is 5.93. The maximum atomic E-state index is 9.11. The molecule has 0 bridgehead atoms. The normalized spacial score (nSPS) is 18.3. The molecule has 0 spiro atoms. The van der Waals surface area contributed by atoms with Gasteiger partial charge in [-0.1, -0.05) is 12.1 Å². The largest absolute Gasteiger partial charge is 0.508 e. The summed E-state index contributed by atoms with van der Waals surface area (Å²) in [5.74, 6) is 1.15. The van der Waals surface area contributed by atoms with Crippen LogP contribution < -0.4 is 10.6 Å². The fourth-order valence-electron chi connectivity index (χ4n) is 1.46. The zero-order chi connectivity index (χ0) is 10.7. The third kappa shape index (κ3) is 3.55. The Morgan fingerprint density at radius 2 is 2.12 bits per heavy atom. The molecule has 0 aliphatic carbocycles. The minimum Gasteiger partial charge on any atom is -0.508 e. The first-order chi connectivity index (χ1) is 7.24. The first-order valence-corrected chi connectivity index (χ1v) is 5.07. The highest BCUT2D eigenvalue weighted by atomic mass is 127. The fraction of sp³-hybridized carbons (Fsp3) is 0.364. The van der Waals surface area contributed by atoms with Gasteiger partial charge in [-0.05, 0) is 24.6 Å². The third-order valence-electron chi connectivity index (χ3n) is 2.30. The molecule has 0 saturated heterocycles. The zero-order valence-electron chi connectivity index (χ0n) is 9.10. The molecule has 1 heterocycles. The molecule has 0 saturated carbocycles. The molecular formula is C11H16IN3O. The van der Waals surface area contributed by atoms with Gasteiger partial charge >= 0.3 is 0 Å². The Morgan fingerprint density at radius 3 is 2.69 bits per heavy atom. The van der Waals surface area contributed by atoms with Gasteiger partial charge in [0.2, 0.25) is 0 Å². The summed E-state index contributed by atoms with van der Waals surface area (Å²) in [6.45, 7) is 3.65. The quantitative estimate of drug-likeness (QED) is 0.718. The van der Waals surface area contributed by atoms with Crippen molar-refractivity contribution in [2.24, 2.45) is 4.99 Å². The van der Waals surface area contributed by atoms with Crippen molar-refractivity contribution in [1.82, 2.24) is 10.6 Å². The highest BCUT2D eigenvalue weighted by Gasteiger charge is 2.11.